The van der Waals surface area contributed by atoms with E-state index in [1.807, 2.05) is 24.3 Å². The van der Waals surface area contributed by atoms with Gasteiger partial charge in [-0.15, -0.1) is 0 Å². The van der Waals surface area contributed by atoms with Gasteiger partial charge in [0.25, 0.3) is 10.2 Å². The zero-order valence-electron chi connectivity index (χ0n) is 10.8. The molecule has 0 saturated carbocycles. The average molecular weight is 348 g/mol. The van der Waals surface area contributed by atoms with Crippen LogP contribution in [0, 0.1) is 0 Å². The van der Waals surface area contributed by atoms with Gasteiger partial charge in [-0.1, -0.05) is 22.0 Å². The molecule has 0 amide bonds. The molecule has 0 aromatic heterocycles. The van der Waals surface area contributed by atoms with E-state index in [9.17, 15) is 8.42 Å². The molecule has 19 heavy (non-hydrogen) atoms. The van der Waals surface area contributed by atoms with Crippen molar-refractivity contribution in [2.24, 2.45) is 0 Å². The molecular weight excluding hydrogens is 330 g/mol. The molecule has 2 rings (SSSR count). The molecular formula is C12H18BrN3O2S. The van der Waals surface area contributed by atoms with Crippen LogP contribution in [0.5, 0.6) is 0 Å². The van der Waals surface area contributed by atoms with Crippen molar-refractivity contribution in [3.63, 3.8) is 0 Å². The van der Waals surface area contributed by atoms with Crippen molar-refractivity contribution >= 4 is 31.8 Å². The molecule has 0 radical (unpaired) electrons. The van der Waals surface area contributed by atoms with Crippen molar-refractivity contribution in [2.45, 2.75) is 18.9 Å². The first-order valence-electron chi connectivity index (χ1n) is 6.22. The Kier molecular flexibility index (Phi) is 4.83. The van der Waals surface area contributed by atoms with Gasteiger partial charge >= 0.3 is 0 Å². The predicted molar refractivity (Wildman–Crippen MR) is 80.3 cm³/mol. The van der Waals surface area contributed by atoms with E-state index in [1.54, 1.807) is 0 Å². The van der Waals surface area contributed by atoms with E-state index < -0.39 is 10.2 Å². The van der Waals surface area contributed by atoms with Gasteiger partial charge in [0.05, 0.1) is 0 Å². The predicted octanol–water partition coefficient (Wildman–Crippen LogP) is 1.79. The Morgan fingerprint density at radius 3 is 2.89 bits per heavy atom. The minimum atomic E-state index is -3.32. The van der Waals surface area contributed by atoms with Crippen LogP contribution >= 0.6 is 15.9 Å². The number of rotatable bonds is 4. The number of hydrogen-bond acceptors (Lipinski definition) is 3. The fourth-order valence-corrected chi connectivity index (χ4v) is 3.62. The Bertz CT molecular complexity index is 536. The number of hydrogen-bond donors (Lipinski definition) is 2. The van der Waals surface area contributed by atoms with Crippen LogP contribution in [-0.2, 0) is 10.2 Å². The first kappa shape index (κ1) is 14.8. The number of halogens is 1. The third-order valence-electron chi connectivity index (χ3n) is 3.18. The second kappa shape index (κ2) is 6.21. The van der Waals surface area contributed by atoms with Gasteiger partial charge in [0.15, 0.2) is 0 Å². The first-order valence-corrected chi connectivity index (χ1v) is 8.45. The van der Waals surface area contributed by atoms with Crippen LogP contribution in [0.25, 0.3) is 0 Å². The van der Waals surface area contributed by atoms with Crippen LogP contribution in [0.4, 0.5) is 5.69 Å². The van der Waals surface area contributed by atoms with Crippen molar-refractivity contribution in [2.75, 3.05) is 25.5 Å². The van der Waals surface area contributed by atoms with Crippen molar-refractivity contribution in [3.8, 4) is 0 Å². The fraction of sp³-hybridized carbons (Fsp3) is 0.500. The van der Waals surface area contributed by atoms with Crippen LogP contribution < -0.4 is 10.0 Å². The first-order chi connectivity index (χ1) is 9.01. The van der Waals surface area contributed by atoms with Gasteiger partial charge in [0, 0.05) is 36.3 Å². The summed E-state index contributed by atoms with van der Waals surface area (Å²) in [4.78, 5) is 0. The molecule has 0 unspecified atom stereocenters. The molecule has 1 aromatic carbocycles. The van der Waals surface area contributed by atoms with E-state index in [4.69, 9.17) is 0 Å². The van der Waals surface area contributed by atoms with E-state index in [0.717, 1.165) is 23.0 Å². The van der Waals surface area contributed by atoms with Crippen LogP contribution in [0.15, 0.2) is 28.7 Å². The van der Waals surface area contributed by atoms with E-state index in [-0.39, 0.29) is 6.04 Å². The largest absolute Gasteiger partial charge is 0.381 e. The van der Waals surface area contributed by atoms with E-state index in [0.29, 0.717) is 13.1 Å². The Morgan fingerprint density at radius 2 is 2.21 bits per heavy atom. The normalized spacial score (nSPS) is 21.3. The molecule has 7 heteroatoms. The quantitative estimate of drug-likeness (QED) is 0.872. The van der Waals surface area contributed by atoms with Gasteiger partial charge in [-0.3, -0.25) is 0 Å². The third kappa shape index (κ3) is 3.92. The van der Waals surface area contributed by atoms with E-state index in [1.165, 1.54) is 11.4 Å². The lowest BCUT2D eigenvalue weighted by atomic mass is 10.1. The monoisotopic (exact) mass is 347 g/mol. The fourth-order valence-electron chi connectivity index (χ4n) is 2.22. The van der Waals surface area contributed by atoms with Gasteiger partial charge in [0.1, 0.15) is 0 Å². The molecule has 1 saturated heterocycles. The molecule has 0 bridgehead atoms. The smallest absolute Gasteiger partial charge is 0.279 e. The van der Waals surface area contributed by atoms with Gasteiger partial charge in [-0.25, -0.2) is 4.72 Å². The molecule has 0 spiro atoms. The summed E-state index contributed by atoms with van der Waals surface area (Å²) in [6.07, 6.45) is 1.84. The second-order valence-corrected chi connectivity index (χ2v) is 7.35. The number of piperidine rings is 1. The van der Waals surface area contributed by atoms with Crippen LogP contribution in [0.2, 0.25) is 0 Å². The molecule has 106 valence electrons. The minimum Gasteiger partial charge on any atom is -0.381 e. The maximum absolute atomic E-state index is 11.8. The summed E-state index contributed by atoms with van der Waals surface area (Å²) in [5.41, 5.74) is 1.00. The lowest BCUT2D eigenvalue weighted by Crippen LogP contribution is -2.48. The van der Waals surface area contributed by atoms with Gasteiger partial charge in [0.2, 0.25) is 0 Å². The summed E-state index contributed by atoms with van der Waals surface area (Å²) in [6.45, 7) is 1.08. The summed E-state index contributed by atoms with van der Waals surface area (Å²) in [5, 5.41) is 3.38. The zero-order valence-corrected chi connectivity index (χ0v) is 13.2. The highest BCUT2D eigenvalue weighted by Gasteiger charge is 2.27. The van der Waals surface area contributed by atoms with E-state index in [2.05, 4.69) is 26.0 Å². The standard InChI is InChI=1S/C12H18BrN3O2S/c1-14-19(17,18)16-7-3-6-12(9-16)15-11-5-2-4-10(13)8-11/h2,4-5,8,12,14-15H,3,6-7,9H2,1H3/t12-/m0/s1. The minimum absolute atomic E-state index is 0.145. The SMILES string of the molecule is CNS(=O)(=O)N1CCC[C@H](Nc2cccc(Br)c2)C1. The summed E-state index contributed by atoms with van der Waals surface area (Å²) < 4.78 is 28.4. The molecule has 1 aliphatic heterocycles. The van der Waals surface area contributed by atoms with Gasteiger partial charge < -0.3 is 5.32 Å². The molecule has 1 atom stereocenters. The number of nitrogens with one attached hydrogen (secondary N) is 2. The van der Waals surface area contributed by atoms with E-state index >= 15 is 0 Å². The van der Waals surface area contributed by atoms with Crippen molar-refractivity contribution in [3.05, 3.63) is 28.7 Å². The number of anilines is 1. The van der Waals surface area contributed by atoms with Gasteiger partial charge in [-0.2, -0.15) is 12.7 Å². The highest BCUT2D eigenvalue weighted by atomic mass is 79.9. The van der Waals surface area contributed by atoms with Crippen molar-refractivity contribution < 1.29 is 8.42 Å². The molecule has 0 aliphatic carbocycles. The summed E-state index contributed by atoms with van der Waals surface area (Å²) in [7, 11) is -1.88. The highest BCUT2D eigenvalue weighted by Crippen LogP contribution is 2.20. The molecule has 5 nitrogen and oxygen atoms in total. The lowest BCUT2D eigenvalue weighted by Gasteiger charge is -2.32. The Hall–Kier alpha value is -0.630. The summed E-state index contributed by atoms with van der Waals surface area (Å²) >= 11 is 3.43. The van der Waals surface area contributed by atoms with Crippen molar-refractivity contribution in [1.29, 1.82) is 0 Å². The molecule has 1 aliphatic rings. The third-order valence-corrected chi connectivity index (χ3v) is 5.20. The van der Waals surface area contributed by atoms with Crippen LogP contribution in [0.3, 0.4) is 0 Å². The Balaban J connectivity index is 2.02. The molecule has 2 N–H and O–H groups in total. The average Bonchev–Trinajstić information content (AvgIpc) is 2.39. The summed E-state index contributed by atoms with van der Waals surface area (Å²) in [6, 6.07) is 8.04. The lowest BCUT2D eigenvalue weighted by molar-refractivity contribution is 0.324. The molecule has 1 aromatic rings. The highest BCUT2D eigenvalue weighted by molar-refractivity contribution is 9.10. The Morgan fingerprint density at radius 1 is 1.42 bits per heavy atom. The van der Waals surface area contributed by atoms with Gasteiger partial charge in [-0.05, 0) is 31.0 Å². The van der Waals surface area contributed by atoms with Crippen molar-refractivity contribution in [1.82, 2.24) is 9.03 Å². The topological polar surface area (TPSA) is 61.4 Å². The van der Waals surface area contributed by atoms with Crippen LogP contribution in [0.1, 0.15) is 12.8 Å². The molecule has 1 fully saturated rings. The van der Waals surface area contributed by atoms with Crippen LogP contribution in [-0.4, -0.2) is 38.9 Å². The Labute approximate surface area is 122 Å². The number of benzene rings is 1. The maximum Gasteiger partial charge on any atom is 0.279 e. The summed E-state index contributed by atoms with van der Waals surface area (Å²) in [5.74, 6) is 0. The maximum atomic E-state index is 11.8. The number of nitrogens with zero attached hydrogens (tertiary/aromatic N) is 1. The second-order valence-electron chi connectivity index (χ2n) is 4.56. The zero-order chi connectivity index (χ0) is 13.9. The molecule has 1 heterocycles.